The Labute approximate surface area is 104 Å². The molecule has 0 aromatic heterocycles. The van der Waals surface area contributed by atoms with Crippen molar-refractivity contribution in [3.8, 4) is 0 Å². The number of urea groups is 2. The van der Waals surface area contributed by atoms with E-state index in [0.29, 0.717) is 5.71 Å². The number of nitrogens with zero attached hydrogens (tertiary/aromatic N) is 3. The van der Waals surface area contributed by atoms with Crippen LogP contribution >= 0.6 is 0 Å². The maximum absolute atomic E-state index is 11.5. The van der Waals surface area contributed by atoms with Gasteiger partial charge >= 0.3 is 12.1 Å². The van der Waals surface area contributed by atoms with E-state index in [1.54, 1.807) is 6.92 Å². The molecule has 1 heterocycles. The second-order valence-electron chi connectivity index (χ2n) is 4.29. The molecular weight excluding hydrogens is 236 g/mol. The summed E-state index contributed by atoms with van der Waals surface area (Å²) >= 11 is 0. The lowest BCUT2D eigenvalue weighted by Crippen LogP contribution is -2.56. The summed E-state index contributed by atoms with van der Waals surface area (Å²) in [6.07, 6.45) is 4.09. The first kappa shape index (κ1) is 12.3. The predicted molar refractivity (Wildman–Crippen MR) is 65.9 cm³/mol. The first-order valence-electron chi connectivity index (χ1n) is 5.88. The van der Waals surface area contributed by atoms with E-state index in [2.05, 4.69) is 26.5 Å². The van der Waals surface area contributed by atoms with Gasteiger partial charge in [-0.1, -0.05) is 0 Å². The van der Waals surface area contributed by atoms with Crippen LogP contribution in [-0.2, 0) is 0 Å². The van der Waals surface area contributed by atoms with Crippen molar-refractivity contribution in [2.45, 2.75) is 32.6 Å². The Balaban J connectivity index is 1.82. The van der Waals surface area contributed by atoms with Crippen LogP contribution in [0.1, 0.15) is 32.6 Å². The van der Waals surface area contributed by atoms with Crippen LogP contribution in [0.3, 0.4) is 0 Å². The molecule has 18 heavy (non-hydrogen) atoms. The van der Waals surface area contributed by atoms with E-state index in [-0.39, 0.29) is 6.54 Å². The van der Waals surface area contributed by atoms with Crippen molar-refractivity contribution in [2.75, 3.05) is 6.54 Å². The molecule has 0 unspecified atom stereocenters. The minimum Gasteiger partial charge on any atom is -0.245 e. The van der Waals surface area contributed by atoms with Crippen molar-refractivity contribution in [2.24, 2.45) is 10.2 Å². The molecule has 2 rings (SSSR count). The molecule has 4 amide bonds. The molecule has 1 saturated carbocycles. The van der Waals surface area contributed by atoms with E-state index >= 15 is 0 Å². The Morgan fingerprint density at radius 1 is 1.44 bits per heavy atom. The van der Waals surface area contributed by atoms with Crippen LogP contribution in [0.5, 0.6) is 0 Å². The number of hydrazone groups is 2. The third-order valence-electron chi connectivity index (χ3n) is 2.71. The first-order chi connectivity index (χ1) is 8.65. The lowest BCUT2D eigenvalue weighted by atomic mass is 10.3. The summed E-state index contributed by atoms with van der Waals surface area (Å²) in [6, 6.07) is -0.997. The molecule has 1 aliphatic heterocycles. The lowest BCUT2D eigenvalue weighted by Gasteiger charge is -2.25. The zero-order chi connectivity index (χ0) is 13.0. The summed E-state index contributed by atoms with van der Waals surface area (Å²) in [5, 5.41) is 8.90. The van der Waals surface area contributed by atoms with Gasteiger partial charge in [-0.25, -0.2) is 30.9 Å². The van der Waals surface area contributed by atoms with Crippen LogP contribution < -0.4 is 16.3 Å². The van der Waals surface area contributed by atoms with Crippen LogP contribution in [0.4, 0.5) is 9.59 Å². The number of hydrazine groups is 1. The molecule has 0 spiro atoms. The van der Waals surface area contributed by atoms with Crippen LogP contribution in [0.2, 0.25) is 0 Å². The molecule has 8 heteroatoms. The number of hydrogen-bond donors (Lipinski definition) is 3. The quantitative estimate of drug-likeness (QED) is 0.625. The molecule has 0 aromatic rings. The average Bonchev–Trinajstić information content (AvgIpc) is 2.84. The monoisotopic (exact) mass is 252 g/mol. The molecule has 1 aliphatic carbocycles. The molecule has 0 saturated heterocycles. The van der Waals surface area contributed by atoms with Crippen LogP contribution in [0.15, 0.2) is 10.2 Å². The number of rotatable bonds is 2. The van der Waals surface area contributed by atoms with E-state index in [1.807, 2.05) is 0 Å². The fraction of sp³-hybridized carbons (Fsp3) is 0.600. The van der Waals surface area contributed by atoms with E-state index in [1.165, 1.54) is 0 Å². The Bertz CT molecular complexity index is 409. The third kappa shape index (κ3) is 3.19. The van der Waals surface area contributed by atoms with E-state index in [0.717, 1.165) is 36.4 Å². The fourth-order valence-corrected chi connectivity index (χ4v) is 1.80. The summed E-state index contributed by atoms with van der Waals surface area (Å²) in [5.74, 6) is 0. The molecule has 98 valence electrons. The minimum absolute atomic E-state index is 0.260. The highest BCUT2D eigenvalue weighted by atomic mass is 16.2. The number of hydrogen-bond acceptors (Lipinski definition) is 4. The average molecular weight is 252 g/mol. The Morgan fingerprint density at radius 3 is 2.89 bits per heavy atom. The van der Waals surface area contributed by atoms with Gasteiger partial charge in [0.15, 0.2) is 0 Å². The van der Waals surface area contributed by atoms with Crippen molar-refractivity contribution in [3.63, 3.8) is 0 Å². The normalized spacial score (nSPS) is 19.2. The Morgan fingerprint density at radius 2 is 2.17 bits per heavy atom. The molecule has 0 bridgehead atoms. The maximum Gasteiger partial charge on any atom is 0.356 e. The molecule has 0 radical (unpaired) electrons. The van der Waals surface area contributed by atoms with Crippen LogP contribution in [0.25, 0.3) is 0 Å². The van der Waals surface area contributed by atoms with Crippen molar-refractivity contribution >= 4 is 23.5 Å². The van der Waals surface area contributed by atoms with Gasteiger partial charge < -0.3 is 0 Å². The Kier molecular flexibility index (Phi) is 3.75. The number of carbonyl (C=O) groups is 2. The van der Waals surface area contributed by atoms with Gasteiger partial charge in [0.05, 0.1) is 12.3 Å². The van der Waals surface area contributed by atoms with Crippen LogP contribution in [0, 0.1) is 0 Å². The smallest absolute Gasteiger partial charge is 0.245 e. The topological polar surface area (TPSA) is 98.2 Å². The van der Waals surface area contributed by atoms with Crippen molar-refractivity contribution < 1.29 is 9.59 Å². The Hall–Kier alpha value is -2.12. The molecule has 3 N–H and O–H groups in total. The van der Waals surface area contributed by atoms with Gasteiger partial charge in [-0.2, -0.15) is 10.2 Å². The molecular formula is C10H16N6O2. The SMILES string of the molecule is CC1=NNC(=O)N(NC(=O)NN=C2CCCC2)C1. The highest BCUT2D eigenvalue weighted by Crippen LogP contribution is 2.13. The zero-order valence-electron chi connectivity index (χ0n) is 10.2. The zero-order valence-corrected chi connectivity index (χ0v) is 10.2. The fourth-order valence-electron chi connectivity index (χ4n) is 1.80. The summed E-state index contributed by atoms with van der Waals surface area (Å²) in [6.45, 7) is 2.01. The molecule has 0 atom stereocenters. The second kappa shape index (κ2) is 5.48. The van der Waals surface area contributed by atoms with Crippen molar-refractivity contribution in [1.82, 2.24) is 21.3 Å². The van der Waals surface area contributed by atoms with Crippen molar-refractivity contribution in [3.05, 3.63) is 0 Å². The van der Waals surface area contributed by atoms with E-state index in [4.69, 9.17) is 0 Å². The van der Waals surface area contributed by atoms with Gasteiger partial charge in [-0.3, -0.25) is 0 Å². The highest BCUT2D eigenvalue weighted by molar-refractivity contribution is 5.92. The molecule has 2 aliphatic rings. The van der Waals surface area contributed by atoms with Crippen molar-refractivity contribution in [1.29, 1.82) is 0 Å². The largest absolute Gasteiger partial charge is 0.356 e. The van der Waals surface area contributed by atoms with E-state index < -0.39 is 12.1 Å². The third-order valence-corrected chi connectivity index (χ3v) is 2.71. The maximum atomic E-state index is 11.5. The second-order valence-corrected chi connectivity index (χ2v) is 4.29. The van der Waals surface area contributed by atoms with Gasteiger partial charge in [-0.05, 0) is 32.6 Å². The molecule has 8 nitrogen and oxygen atoms in total. The lowest BCUT2D eigenvalue weighted by molar-refractivity contribution is 0.173. The summed E-state index contributed by atoms with van der Waals surface area (Å²) in [5.41, 5.74) is 8.77. The van der Waals surface area contributed by atoms with Gasteiger partial charge in [0.25, 0.3) is 0 Å². The van der Waals surface area contributed by atoms with Gasteiger partial charge in [0.1, 0.15) is 0 Å². The number of amides is 4. The minimum atomic E-state index is -0.528. The van der Waals surface area contributed by atoms with E-state index in [9.17, 15) is 9.59 Å². The molecule has 1 fully saturated rings. The standard InChI is InChI=1S/C10H16N6O2/c1-7-6-16(10(18)14-11-7)15-9(17)13-12-8-4-2-3-5-8/h2-6H2,1H3,(H,14,18)(H2,13,15,17). The van der Waals surface area contributed by atoms with Gasteiger partial charge in [0, 0.05) is 5.71 Å². The molecule has 0 aromatic carbocycles. The number of nitrogens with one attached hydrogen (secondary N) is 3. The highest BCUT2D eigenvalue weighted by Gasteiger charge is 2.20. The summed E-state index contributed by atoms with van der Waals surface area (Å²) in [7, 11) is 0. The van der Waals surface area contributed by atoms with Crippen LogP contribution in [-0.4, -0.2) is 35.0 Å². The first-order valence-corrected chi connectivity index (χ1v) is 5.88. The summed E-state index contributed by atoms with van der Waals surface area (Å²) in [4.78, 5) is 22.9. The predicted octanol–water partition coefficient (Wildman–Crippen LogP) is 0.532. The van der Waals surface area contributed by atoms with Gasteiger partial charge in [0.2, 0.25) is 0 Å². The number of carbonyl (C=O) groups excluding carboxylic acids is 2. The van der Waals surface area contributed by atoms with Gasteiger partial charge in [-0.15, -0.1) is 0 Å². The summed E-state index contributed by atoms with van der Waals surface area (Å²) < 4.78 is 0.